The molecule has 0 saturated carbocycles. The third-order valence-corrected chi connectivity index (χ3v) is 7.89. The van der Waals surface area contributed by atoms with Gasteiger partial charge in [0.25, 0.3) is 5.91 Å². The number of fused-ring (bicyclic) bond motifs is 1. The van der Waals surface area contributed by atoms with E-state index in [2.05, 4.69) is 68.4 Å². The van der Waals surface area contributed by atoms with Crippen LogP contribution in [0.4, 0.5) is 5.82 Å². The Hall–Kier alpha value is -3.04. The highest BCUT2D eigenvalue weighted by molar-refractivity contribution is 5.98. The molecule has 2 N–H and O–H groups in total. The summed E-state index contributed by atoms with van der Waals surface area (Å²) in [5.74, 6) is 1.41. The Morgan fingerprint density at radius 2 is 1.95 bits per heavy atom. The zero-order valence-electron chi connectivity index (χ0n) is 25.7. The maximum Gasteiger partial charge on any atom is 0.259 e. The van der Waals surface area contributed by atoms with E-state index in [4.69, 9.17) is 9.72 Å². The predicted molar refractivity (Wildman–Crippen MR) is 162 cm³/mol. The molecule has 4 rings (SSSR count). The highest BCUT2D eigenvalue weighted by Crippen LogP contribution is 2.27. The van der Waals surface area contributed by atoms with Crippen molar-refractivity contribution >= 4 is 17.6 Å². The molecule has 0 unspecified atom stereocenters. The number of anilines is 1. The van der Waals surface area contributed by atoms with Gasteiger partial charge >= 0.3 is 0 Å². The number of amides is 2. The second-order valence-corrected chi connectivity index (χ2v) is 12.9. The van der Waals surface area contributed by atoms with Crippen molar-refractivity contribution in [3.63, 3.8) is 0 Å². The van der Waals surface area contributed by atoms with Crippen LogP contribution in [0.15, 0.2) is 30.5 Å². The van der Waals surface area contributed by atoms with Gasteiger partial charge in [0.1, 0.15) is 17.2 Å². The molecule has 41 heavy (non-hydrogen) atoms. The first kappa shape index (κ1) is 30.9. The number of carbonyl (C=O) groups excluding carboxylic acids is 2. The van der Waals surface area contributed by atoms with Gasteiger partial charge in [0.15, 0.2) is 0 Å². The largest absolute Gasteiger partial charge is 0.385 e. The van der Waals surface area contributed by atoms with E-state index in [0.29, 0.717) is 63.0 Å². The molecule has 1 saturated heterocycles. The first-order chi connectivity index (χ1) is 19.6. The first-order valence-corrected chi connectivity index (χ1v) is 15.1. The monoisotopic (exact) mass is 564 g/mol. The minimum Gasteiger partial charge on any atom is -0.385 e. The van der Waals surface area contributed by atoms with Crippen LogP contribution in [-0.2, 0) is 27.9 Å². The van der Waals surface area contributed by atoms with Crippen LogP contribution in [0.1, 0.15) is 74.8 Å². The number of hydrogen-bond donors (Lipinski definition) is 2. The Morgan fingerprint density at radius 3 is 2.66 bits per heavy atom. The van der Waals surface area contributed by atoms with E-state index in [1.54, 1.807) is 13.3 Å². The van der Waals surface area contributed by atoms with Crippen molar-refractivity contribution in [2.45, 2.75) is 71.9 Å². The topological polar surface area (TPSA) is 99.7 Å². The summed E-state index contributed by atoms with van der Waals surface area (Å²) in [5, 5.41) is 6.85. The summed E-state index contributed by atoms with van der Waals surface area (Å²) >= 11 is 0. The van der Waals surface area contributed by atoms with Crippen molar-refractivity contribution in [3.05, 3.63) is 53.0 Å². The van der Waals surface area contributed by atoms with Gasteiger partial charge in [-0.1, -0.05) is 58.9 Å². The number of methoxy groups -OCH3 is 1. The molecule has 2 aliphatic heterocycles. The molecule has 9 heteroatoms. The minimum absolute atomic E-state index is 0.0970. The second-order valence-electron chi connectivity index (χ2n) is 12.9. The van der Waals surface area contributed by atoms with Crippen LogP contribution in [-0.4, -0.2) is 84.1 Å². The van der Waals surface area contributed by atoms with Crippen molar-refractivity contribution in [2.75, 3.05) is 51.8 Å². The second kappa shape index (κ2) is 13.7. The van der Waals surface area contributed by atoms with Crippen LogP contribution in [0.3, 0.4) is 0 Å². The molecular weight excluding hydrogens is 516 g/mol. The summed E-state index contributed by atoms with van der Waals surface area (Å²) in [6.45, 7) is 15.0. The molecule has 1 aromatic carbocycles. The lowest BCUT2D eigenvalue weighted by Crippen LogP contribution is -2.55. The van der Waals surface area contributed by atoms with Gasteiger partial charge in [0, 0.05) is 70.6 Å². The Kier molecular flexibility index (Phi) is 10.4. The maximum atomic E-state index is 14.2. The van der Waals surface area contributed by atoms with Gasteiger partial charge in [-0.25, -0.2) is 9.97 Å². The summed E-state index contributed by atoms with van der Waals surface area (Å²) in [6, 6.07) is 8.28. The third-order valence-electron chi connectivity index (χ3n) is 7.89. The zero-order chi connectivity index (χ0) is 29.6. The van der Waals surface area contributed by atoms with Gasteiger partial charge in [0.2, 0.25) is 5.91 Å². The summed E-state index contributed by atoms with van der Waals surface area (Å²) in [4.78, 5) is 41.3. The van der Waals surface area contributed by atoms with Crippen molar-refractivity contribution < 1.29 is 14.3 Å². The number of nitrogens with zero attached hydrogens (tertiary/aromatic N) is 4. The number of aromatic nitrogens is 2. The van der Waals surface area contributed by atoms with Crippen LogP contribution in [0.5, 0.6) is 0 Å². The fourth-order valence-corrected chi connectivity index (χ4v) is 5.69. The molecule has 2 aromatic rings. The zero-order valence-corrected chi connectivity index (χ0v) is 25.7. The molecule has 0 aliphatic carbocycles. The molecule has 9 nitrogen and oxygen atoms in total. The number of piperidine rings is 1. The smallest absolute Gasteiger partial charge is 0.259 e. The number of rotatable bonds is 10. The lowest BCUT2D eigenvalue weighted by atomic mass is 9.91. The van der Waals surface area contributed by atoms with Crippen LogP contribution in [0.2, 0.25) is 0 Å². The van der Waals surface area contributed by atoms with Gasteiger partial charge in [0.05, 0.1) is 5.92 Å². The third kappa shape index (κ3) is 7.83. The van der Waals surface area contributed by atoms with Crippen molar-refractivity contribution in [3.8, 4) is 0 Å². The SMILES string of the molecule is COCCCNc1nc(C(C)(C)C)ncc1C(=O)N(CC(C)C)[C@@H]1CNC[C@H](C(=O)N2CCc3ccccc3C2)C1. The number of carbonyl (C=O) groups is 2. The first-order valence-electron chi connectivity index (χ1n) is 15.1. The van der Waals surface area contributed by atoms with E-state index in [-0.39, 0.29) is 35.1 Å². The van der Waals surface area contributed by atoms with E-state index in [0.717, 1.165) is 19.4 Å². The van der Waals surface area contributed by atoms with Gasteiger partial charge in [-0.3, -0.25) is 9.59 Å². The molecule has 3 heterocycles. The fourth-order valence-electron chi connectivity index (χ4n) is 5.69. The van der Waals surface area contributed by atoms with E-state index < -0.39 is 0 Å². The normalized spacial score (nSPS) is 19.1. The molecule has 2 aliphatic rings. The summed E-state index contributed by atoms with van der Waals surface area (Å²) in [7, 11) is 1.68. The van der Waals surface area contributed by atoms with Gasteiger partial charge in [-0.05, 0) is 36.3 Å². The Balaban J connectivity index is 1.54. The highest BCUT2D eigenvalue weighted by atomic mass is 16.5. The Bertz CT molecular complexity index is 1190. The molecule has 1 aromatic heterocycles. The molecule has 1 fully saturated rings. The van der Waals surface area contributed by atoms with Crippen molar-refractivity contribution in [1.82, 2.24) is 25.1 Å². The number of ether oxygens (including phenoxy) is 1. The van der Waals surface area contributed by atoms with Crippen molar-refractivity contribution in [1.29, 1.82) is 0 Å². The van der Waals surface area contributed by atoms with E-state index in [1.807, 2.05) is 15.9 Å². The molecule has 2 atom stereocenters. The number of nitrogens with one attached hydrogen (secondary N) is 2. The van der Waals surface area contributed by atoms with Crippen LogP contribution < -0.4 is 10.6 Å². The van der Waals surface area contributed by atoms with E-state index >= 15 is 0 Å². The van der Waals surface area contributed by atoms with E-state index in [9.17, 15) is 9.59 Å². The highest BCUT2D eigenvalue weighted by Gasteiger charge is 2.37. The molecule has 0 radical (unpaired) electrons. The molecule has 224 valence electrons. The Labute approximate surface area is 245 Å². The average Bonchev–Trinajstić information content (AvgIpc) is 2.96. The average molecular weight is 565 g/mol. The van der Waals surface area contributed by atoms with Crippen LogP contribution in [0, 0.1) is 11.8 Å². The number of benzene rings is 1. The molecule has 0 bridgehead atoms. The van der Waals surface area contributed by atoms with Gasteiger partial charge in [-0.15, -0.1) is 0 Å². The standard InChI is InChI=1S/C32H48N6O3/c1-22(2)20-38(30(40)27-19-35-31(32(3,4)5)36-28(27)34-13-9-15-41-6)26-16-25(17-33-18-26)29(39)37-14-12-23-10-7-8-11-24(23)21-37/h7-8,10-11,19,22,25-26,33H,9,12-18,20-21H2,1-6H3,(H,34,35,36)/t25-,26+/m1/s1. The molecule has 0 spiro atoms. The number of hydrogen-bond acceptors (Lipinski definition) is 7. The maximum absolute atomic E-state index is 14.2. The lowest BCUT2D eigenvalue weighted by Gasteiger charge is -2.40. The van der Waals surface area contributed by atoms with Crippen LogP contribution in [0.25, 0.3) is 0 Å². The lowest BCUT2D eigenvalue weighted by molar-refractivity contribution is -0.137. The Morgan fingerprint density at radius 1 is 1.20 bits per heavy atom. The van der Waals surface area contributed by atoms with Gasteiger partial charge < -0.3 is 25.2 Å². The summed E-state index contributed by atoms with van der Waals surface area (Å²) < 4.78 is 5.20. The summed E-state index contributed by atoms with van der Waals surface area (Å²) in [5.41, 5.74) is 2.78. The molecular formula is C32H48N6O3. The van der Waals surface area contributed by atoms with Crippen molar-refractivity contribution in [2.24, 2.45) is 11.8 Å². The molecule has 2 amide bonds. The quantitative estimate of drug-likeness (QED) is 0.423. The minimum atomic E-state index is -0.252. The van der Waals surface area contributed by atoms with Crippen LogP contribution >= 0.6 is 0 Å². The predicted octanol–water partition coefficient (Wildman–Crippen LogP) is 3.88. The van der Waals surface area contributed by atoms with Gasteiger partial charge in [-0.2, -0.15) is 0 Å². The van der Waals surface area contributed by atoms with E-state index in [1.165, 1.54) is 11.1 Å². The fraction of sp³-hybridized carbons (Fsp3) is 0.625. The summed E-state index contributed by atoms with van der Waals surface area (Å²) in [6.07, 6.45) is 3.99.